The average molecular weight is 126 g/mol. The Kier molecular flexibility index (Phi) is 2.74. The second-order valence-corrected chi connectivity index (χ2v) is 2.22. The molecule has 1 rings (SSSR count). The summed E-state index contributed by atoms with van der Waals surface area (Å²) in [6.07, 6.45) is 0.964. The molecule has 1 aliphatic heterocycles. The van der Waals surface area contributed by atoms with Crippen LogP contribution in [0, 0.1) is 0 Å². The van der Waals surface area contributed by atoms with Crippen molar-refractivity contribution in [1.29, 1.82) is 0 Å². The zero-order valence-electron chi connectivity index (χ0n) is 5.47. The van der Waals surface area contributed by atoms with Crippen LogP contribution in [0.5, 0.6) is 0 Å². The van der Waals surface area contributed by atoms with Crippen LogP contribution in [0.2, 0.25) is 0 Å². The Balaban J connectivity index is 2.15. The van der Waals surface area contributed by atoms with Gasteiger partial charge in [-0.3, -0.25) is 0 Å². The van der Waals surface area contributed by atoms with Gasteiger partial charge in [-0.15, -0.1) is 0 Å². The van der Waals surface area contributed by atoms with E-state index in [0.717, 1.165) is 32.4 Å². The van der Waals surface area contributed by atoms with E-state index >= 15 is 0 Å². The summed E-state index contributed by atoms with van der Waals surface area (Å²) in [6, 6.07) is 0. The van der Waals surface area contributed by atoms with E-state index in [4.69, 9.17) is 0 Å². The van der Waals surface area contributed by atoms with E-state index in [1.165, 1.54) is 0 Å². The van der Waals surface area contributed by atoms with Crippen LogP contribution in [0.3, 0.4) is 0 Å². The van der Waals surface area contributed by atoms with Crippen molar-refractivity contribution in [2.45, 2.75) is 0 Å². The molecule has 9 heavy (non-hydrogen) atoms. The summed E-state index contributed by atoms with van der Waals surface area (Å²) in [7, 11) is 0.599. The fourth-order valence-electron chi connectivity index (χ4n) is 0.999. The highest BCUT2D eigenvalue weighted by atomic mass is 16.1. The molecule has 0 aromatic heterocycles. The third-order valence-corrected chi connectivity index (χ3v) is 1.54. The fourth-order valence-corrected chi connectivity index (χ4v) is 0.999. The maximum absolute atomic E-state index is 10.0. The molecular formula is C5H11BN2O. The zero-order chi connectivity index (χ0) is 6.53. The Morgan fingerprint density at radius 3 is 2.67 bits per heavy atom. The zero-order valence-corrected chi connectivity index (χ0v) is 5.47. The summed E-state index contributed by atoms with van der Waals surface area (Å²) < 4.78 is 0. The number of piperazine rings is 1. The Bertz CT molecular complexity index is 93.0. The third kappa shape index (κ3) is 2.16. The van der Waals surface area contributed by atoms with Gasteiger partial charge in [0.1, 0.15) is 0 Å². The van der Waals surface area contributed by atoms with Crippen LogP contribution in [0.1, 0.15) is 0 Å². The molecule has 0 bridgehead atoms. The van der Waals surface area contributed by atoms with E-state index in [1.54, 1.807) is 0 Å². The predicted molar refractivity (Wildman–Crippen MR) is 38.3 cm³/mol. The first-order valence-corrected chi connectivity index (χ1v) is 3.30. The van der Waals surface area contributed by atoms with Gasteiger partial charge in [0.25, 0.3) is 7.41 Å². The van der Waals surface area contributed by atoms with E-state index < -0.39 is 0 Å². The molecule has 1 heterocycles. The molecule has 0 spiro atoms. The van der Waals surface area contributed by atoms with E-state index in [9.17, 15) is 4.79 Å². The van der Waals surface area contributed by atoms with Crippen LogP contribution >= 0.6 is 0 Å². The Morgan fingerprint density at radius 2 is 2.11 bits per heavy atom. The lowest BCUT2D eigenvalue weighted by Crippen LogP contribution is -2.45. The molecule has 0 radical (unpaired) electrons. The van der Waals surface area contributed by atoms with Gasteiger partial charge in [0.15, 0.2) is 0 Å². The molecule has 0 aliphatic carbocycles. The predicted octanol–water partition coefficient (Wildman–Crippen LogP) is -1.57. The SMILES string of the molecule is O=CBN1CCNCC1. The highest BCUT2D eigenvalue weighted by molar-refractivity contribution is 6.64. The van der Waals surface area contributed by atoms with Gasteiger partial charge in [-0.1, -0.05) is 0 Å². The number of hydrogen-bond acceptors (Lipinski definition) is 3. The normalized spacial score (nSPS) is 21.3. The summed E-state index contributed by atoms with van der Waals surface area (Å²) in [5, 5.41) is 3.22. The standard InChI is InChI=1S/C5H11BN2O/c9-5-6-8-3-1-7-2-4-8/h5-7H,1-4H2. The largest absolute Gasteiger partial charge is 0.336 e. The monoisotopic (exact) mass is 126 g/mol. The van der Waals surface area contributed by atoms with Gasteiger partial charge < -0.3 is 14.9 Å². The first kappa shape index (κ1) is 6.77. The average Bonchev–Trinajstić information content (AvgIpc) is 1.91. The number of nitrogens with one attached hydrogen (secondary N) is 1. The minimum absolute atomic E-state index is 0.599. The van der Waals surface area contributed by atoms with Crippen molar-refractivity contribution in [3.63, 3.8) is 0 Å². The van der Waals surface area contributed by atoms with Crippen molar-refractivity contribution >= 4 is 13.6 Å². The molecule has 0 saturated carbocycles. The van der Waals surface area contributed by atoms with Crippen molar-refractivity contribution in [2.75, 3.05) is 26.2 Å². The summed E-state index contributed by atoms with van der Waals surface area (Å²) in [5.41, 5.74) is 0. The molecule has 0 atom stereocenters. The van der Waals surface area contributed by atoms with Gasteiger partial charge >= 0.3 is 0 Å². The van der Waals surface area contributed by atoms with Crippen molar-refractivity contribution < 1.29 is 4.79 Å². The van der Waals surface area contributed by atoms with Gasteiger partial charge in [-0.2, -0.15) is 0 Å². The third-order valence-electron chi connectivity index (χ3n) is 1.54. The molecular weight excluding hydrogens is 115 g/mol. The topological polar surface area (TPSA) is 32.3 Å². The fraction of sp³-hybridized carbons (Fsp3) is 0.800. The first-order valence-electron chi connectivity index (χ1n) is 3.30. The first-order chi connectivity index (χ1) is 4.43. The lowest BCUT2D eigenvalue weighted by atomic mass is 9.94. The van der Waals surface area contributed by atoms with Crippen LogP contribution in [0.25, 0.3) is 0 Å². The van der Waals surface area contributed by atoms with E-state index in [2.05, 4.69) is 10.1 Å². The minimum atomic E-state index is 0.599. The maximum Gasteiger partial charge on any atom is 0.281 e. The summed E-state index contributed by atoms with van der Waals surface area (Å²) in [4.78, 5) is 12.2. The van der Waals surface area contributed by atoms with Crippen molar-refractivity contribution in [3.8, 4) is 0 Å². The molecule has 0 aromatic rings. The number of carbonyl (C=O) groups is 1. The van der Waals surface area contributed by atoms with Crippen LogP contribution < -0.4 is 5.32 Å². The lowest BCUT2D eigenvalue weighted by Gasteiger charge is -2.24. The quantitative estimate of drug-likeness (QED) is 0.358. The van der Waals surface area contributed by atoms with Crippen LogP contribution in [-0.2, 0) is 4.79 Å². The number of carbonyl (C=O) groups excluding carboxylic acids is 1. The van der Waals surface area contributed by atoms with Crippen molar-refractivity contribution in [3.05, 3.63) is 0 Å². The Labute approximate surface area is 55.7 Å². The molecule has 0 amide bonds. The van der Waals surface area contributed by atoms with Gasteiger partial charge in [0.2, 0.25) is 0 Å². The highest BCUT2D eigenvalue weighted by Gasteiger charge is 2.08. The van der Waals surface area contributed by atoms with Gasteiger partial charge in [0, 0.05) is 26.2 Å². The highest BCUT2D eigenvalue weighted by Crippen LogP contribution is 1.85. The molecule has 1 saturated heterocycles. The van der Waals surface area contributed by atoms with Crippen molar-refractivity contribution in [1.82, 2.24) is 10.1 Å². The van der Waals surface area contributed by atoms with Gasteiger partial charge in [-0.25, -0.2) is 0 Å². The lowest BCUT2D eigenvalue weighted by molar-refractivity contribution is 0.378. The second kappa shape index (κ2) is 3.64. The molecule has 4 heteroatoms. The van der Waals surface area contributed by atoms with Gasteiger partial charge in [0.05, 0.1) is 6.19 Å². The van der Waals surface area contributed by atoms with E-state index in [0.29, 0.717) is 7.41 Å². The molecule has 0 unspecified atom stereocenters. The van der Waals surface area contributed by atoms with Crippen LogP contribution in [0.15, 0.2) is 0 Å². The maximum atomic E-state index is 10.0. The molecule has 0 aromatic carbocycles. The molecule has 1 fully saturated rings. The molecule has 50 valence electrons. The van der Waals surface area contributed by atoms with Gasteiger partial charge in [-0.05, 0) is 0 Å². The minimum Gasteiger partial charge on any atom is -0.336 e. The summed E-state index contributed by atoms with van der Waals surface area (Å²) in [5.74, 6) is 0. The summed E-state index contributed by atoms with van der Waals surface area (Å²) in [6.45, 7) is 4.07. The van der Waals surface area contributed by atoms with E-state index in [-0.39, 0.29) is 0 Å². The molecule has 1 aliphatic rings. The Hall–Kier alpha value is -0.345. The summed E-state index contributed by atoms with van der Waals surface area (Å²) >= 11 is 0. The number of rotatable bonds is 2. The smallest absolute Gasteiger partial charge is 0.281 e. The Morgan fingerprint density at radius 1 is 1.44 bits per heavy atom. The van der Waals surface area contributed by atoms with Crippen molar-refractivity contribution in [2.24, 2.45) is 0 Å². The number of hydrogen-bond donors (Lipinski definition) is 1. The van der Waals surface area contributed by atoms with Crippen LogP contribution in [-0.4, -0.2) is 44.6 Å². The molecule has 3 nitrogen and oxygen atoms in total. The molecule has 1 N–H and O–H groups in total. The van der Waals surface area contributed by atoms with E-state index in [1.807, 2.05) is 0 Å². The van der Waals surface area contributed by atoms with Crippen LogP contribution in [0.4, 0.5) is 0 Å². The number of nitrogens with zero attached hydrogens (tertiary/aromatic N) is 1. The second-order valence-electron chi connectivity index (χ2n) is 2.22.